The second kappa shape index (κ2) is 5.76. The second-order valence-electron chi connectivity index (χ2n) is 4.18. The summed E-state index contributed by atoms with van der Waals surface area (Å²) in [5.41, 5.74) is 6.20. The predicted octanol–water partition coefficient (Wildman–Crippen LogP) is 1.42. The number of nitrogen functional groups attached to an aromatic ring is 1. The Labute approximate surface area is 124 Å². The van der Waals surface area contributed by atoms with E-state index < -0.39 is 14.9 Å². The van der Waals surface area contributed by atoms with Crippen LogP contribution in [0.1, 0.15) is 11.3 Å². The minimum absolute atomic E-state index is 0.0467. The quantitative estimate of drug-likeness (QED) is 0.631. The molecule has 0 atom stereocenters. The van der Waals surface area contributed by atoms with Gasteiger partial charge in [-0.2, -0.15) is 0 Å². The van der Waals surface area contributed by atoms with E-state index in [2.05, 4.69) is 9.71 Å². The third-order valence-electron chi connectivity index (χ3n) is 2.60. The first-order chi connectivity index (χ1) is 9.79. The van der Waals surface area contributed by atoms with Gasteiger partial charge in [-0.3, -0.25) is 10.1 Å². The lowest BCUT2D eigenvalue weighted by Gasteiger charge is -2.05. The van der Waals surface area contributed by atoms with Gasteiger partial charge in [0.2, 0.25) is 0 Å². The molecule has 0 spiro atoms. The number of hydrogen-bond donors (Lipinski definition) is 2. The number of nitrogens with two attached hydrogens (primary N) is 1. The molecule has 2 aromatic rings. The van der Waals surface area contributed by atoms with Crippen molar-refractivity contribution >= 4 is 32.2 Å². The molecule has 0 fully saturated rings. The SMILES string of the molecule is Cc1nc(N)sc1S(=O)(=O)NCc1cccc([N+](=O)[O-])c1. The van der Waals surface area contributed by atoms with Crippen LogP contribution in [0.15, 0.2) is 28.5 Å². The molecule has 0 aliphatic heterocycles. The molecule has 0 amide bonds. The second-order valence-corrected chi connectivity index (χ2v) is 7.17. The summed E-state index contributed by atoms with van der Waals surface area (Å²) < 4.78 is 26.7. The molecule has 0 aliphatic carbocycles. The maximum absolute atomic E-state index is 12.1. The molecule has 0 saturated heterocycles. The van der Waals surface area contributed by atoms with Crippen molar-refractivity contribution in [3.8, 4) is 0 Å². The van der Waals surface area contributed by atoms with Crippen LogP contribution in [0.5, 0.6) is 0 Å². The van der Waals surface area contributed by atoms with Crippen molar-refractivity contribution in [1.29, 1.82) is 0 Å². The van der Waals surface area contributed by atoms with Gasteiger partial charge >= 0.3 is 0 Å². The van der Waals surface area contributed by atoms with Gasteiger partial charge in [-0.05, 0) is 12.5 Å². The van der Waals surface area contributed by atoms with E-state index in [1.165, 1.54) is 18.2 Å². The first-order valence-electron chi connectivity index (χ1n) is 5.75. The number of rotatable bonds is 5. The zero-order valence-corrected chi connectivity index (χ0v) is 12.6. The third-order valence-corrected chi connectivity index (χ3v) is 5.60. The van der Waals surface area contributed by atoms with Crippen molar-refractivity contribution in [2.75, 3.05) is 5.73 Å². The van der Waals surface area contributed by atoms with E-state index in [0.29, 0.717) is 11.3 Å². The first kappa shape index (κ1) is 15.4. The van der Waals surface area contributed by atoms with Crippen molar-refractivity contribution in [3.05, 3.63) is 45.6 Å². The highest BCUT2D eigenvalue weighted by molar-refractivity contribution is 7.91. The summed E-state index contributed by atoms with van der Waals surface area (Å²) in [5.74, 6) is 0. The van der Waals surface area contributed by atoms with Gasteiger partial charge in [-0.15, -0.1) is 0 Å². The normalized spacial score (nSPS) is 11.5. The largest absolute Gasteiger partial charge is 0.375 e. The summed E-state index contributed by atoms with van der Waals surface area (Å²) in [5, 5.41) is 10.8. The van der Waals surface area contributed by atoms with E-state index in [-0.39, 0.29) is 21.6 Å². The number of nitrogens with one attached hydrogen (secondary N) is 1. The molecule has 1 heterocycles. The summed E-state index contributed by atoms with van der Waals surface area (Å²) in [6.45, 7) is 1.50. The average Bonchev–Trinajstić information content (AvgIpc) is 2.77. The molecule has 1 aromatic carbocycles. The van der Waals surface area contributed by atoms with Crippen LogP contribution in [-0.4, -0.2) is 18.3 Å². The number of non-ortho nitro benzene ring substituents is 1. The van der Waals surface area contributed by atoms with E-state index in [4.69, 9.17) is 5.73 Å². The molecule has 8 nitrogen and oxygen atoms in total. The number of sulfonamides is 1. The van der Waals surface area contributed by atoms with Gasteiger partial charge in [0.25, 0.3) is 15.7 Å². The standard InChI is InChI=1S/C11H12N4O4S2/c1-7-10(20-11(12)14-7)21(18,19)13-6-8-3-2-4-9(5-8)15(16)17/h2-5,13H,6H2,1H3,(H2,12,14). The van der Waals surface area contributed by atoms with Gasteiger partial charge in [0.15, 0.2) is 9.34 Å². The summed E-state index contributed by atoms with van der Waals surface area (Å²) >= 11 is 0.872. The number of nitro benzene ring substituents is 1. The lowest BCUT2D eigenvalue weighted by Crippen LogP contribution is -2.23. The molecule has 112 valence electrons. The molecular formula is C11H12N4O4S2. The maximum atomic E-state index is 12.1. The van der Waals surface area contributed by atoms with Crippen LogP contribution in [0.2, 0.25) is 0 Å². The number of aryl methyl sites for hydroxylation is 1. The van der Waals surface area contributed by atoms with Gasteiger partial charge in [0.1, 0.15) is 0 Å². The Balaban J connectivity index is 2.17. The minimum atomic E-state index is -3.75. The Hall–Kier alpha value is -2.04. The molecule has 0 unspecified atom stereocenters. The van der Waals surface area contributed by atoms with Crippen molar-refractivity contribution in [3.63, 3.8) is 0 Å². The monoisotopic (exact) mass is 328 g/mol. The zero-order chi connectivity index (χ0) is 15.6. The summed E-state index contributed by atoms with van der Waals surface area (Å²) in [7, 11) is -3.75. The number of hydrogen-bond acceptors (Lipinski definition) is 7. The van der Waals surface area contributed by atoms with Crippen LogP contribution < -0.4 is 10.5 Å². The summed E-state index contributed by atoms with van der Waals surface area (Å²) in [4.78, 5) is 14.0. The highest BCUT2D eigenvalue weighted by Crippen LogP contribution is 2.25. The van der Waals surface area contributed by atoms with Crippen molar-refractivity contribution < 1.29 is 13.3 Å². The fraction of sp³-hybridized carbons (Fsp3) is 0.182. The van der Waals surface area contributed by atoms with Gasteiger partial charge in [-0.1, -0.05) is 23.5 Å². The molecule has 21 heavy (non-hydrogen) atoms. The fourth-order valence-corrected chi connectivity index (χ4v) is 4.04. The van der Waals surface area contributed by atoms with E-state index in [0.717, 1.165) is 11.3 Å². The van der Waals surface area contributed by atoms with Gasteiger partial charge in [0, 0.05) is 18.7 Å². The maximum Gasteiger partial charge on any atom is 0.269 e. The molecule has 0 saturated carbocycles. The molecule has 0 bridgehead atoms. The van der Waals surface area contributed by atoms with Crippen molar-refractivity contribution in [2.24, 2.45) is 0 Å². The lowest BCUT2D eigenvalue weighted by atomic mass is 10.2. The molecule has 3 N–H and O–H groups in total. The van der Waals surface area contributed by atoms with E-state index in [1.807, 2.05) is 0 Å². The summed E-state index contributed by atoms with van der Waals surface area (Å²) in [6.07, 6.45) is 0. The van der Waals surface area contributed by atoms with Crippen molar-refractivity contribution in [1.82, 2.24) is 9.71 Å². The van der Waals surface area contributed by atoms with Crippen LogP contribution >= 0.6 is 11.3 Å². The number of anilines is 1. The number of aromatic nitrogens is 1. The fourth-order valence-electron chi connectivity index (χ4n) is 1.68. The molecule has 0 aliphatic rings. The van der Waals surface area contributed by atoms with E-state index in [1.54, 1.807) is 13.0 Å². The zero-order valence-electron chi connectivity index (χ0n) is 10.9. The van der Waals surface area contributed by atoms with Gasteiger partial charge in [0.05, 0.1) is 10.6 Å². The van der Waals surface area contributed by atoms with Crippen LogP contribution in [0.25, 0.3) is 0 Å². The van der Waals surface area contributed by atoms with E-state index >= 15 is 0 Å². The van der Waals surface area contributed by atoms with Gasteiger partial charge < -0.3 is 5.73 Å². The van der Waals surface area contributed by atoms with Crippen LogP contribution in [0.3, 0.4) is 0 Å². The molecule has 10 heteroatoms. The molecule has 1 aromatic heterocycles. The minimum Gasteiger partial charge on any atom is -0.375 e. The Bertz CT molecular complexity index is 785. The summed E-state index contributed by atoms with van der Waals surface area (Å²) in [6, 6.07) is 5.75. The topological polar surface area (TPSA) is 128 Å². The highest BCUT2D eigenvalue weighted by atomic mass is 32.2. The molecule has 2 rings (SSSR count). The number of thiazole rings is 1. The number of nitrogens with zero attached hydrogens (tertiary/aromatic N) is 2. The first-order valence-corrected chi connectivity index (χ1v) is 8.05. The van der Waals surface area contributed by atoms with Crippen LogP contribution in [0.4, 0.5) is 10.8 Å². The van der Waals surface area contributed by atoms with Crippen molar-refractivity contribution in [2.45, 2.75) is 17.7 Å². The predicted molar refractivity (Wildman–Crippen MR) is 78.4 cm³/mol. The van der Waals surface area contributed by atoms with E-state index in [9.17, 15) is 18.5 Å². The number of nitro groups is 1. The molecular weight excluding hydrogens is 316 g/mol. The Morgan fingerprint density at radius 2 is 2.19 bits per heavy atom. The number of benzene rings is 1. The lowest BCUT2D eigenvalue weighted by molar-refractivity contribution is -0.384. The Morgan fingerprint density at radius 3 is 2.76 bits per heavy atom. The van der Waals surface area contributed by atoms with Crippen LogP contribution in [0, 0.1) is 17.0 Å². The smallest absolute Gasteiger partial charge is 0.269 e. The third kappa shape index (κ3) is 3.54. The average molecular weight is 328 g/mol. The Morgan fingerprint density at radius 1 is 1.48 bits per heavy atom. The molecule has 0 radical (unpaired) electrons. The highest BCUT2D eigenvalue weighted by Gasteiger charge is 2.21. The Kier molecular flexibility index (Phi) is 4.21. The van der Waals surface area contributed by atoms with Crippen LogP contribution in [-0.2, 0) is 16.6 Å². The van der Waals surface area contributed by atoms with Gasteiger partial charge in [-0.25, -0.2) is 18.1 Å².